The van der Waals surface area contributed by atoms with Crippen molar-refractivity contribution in [1.82, 2.24) is 15.2 Å². The Bertz CT molecular complexity index is 946. The third-order valence-corrected chi connectivity index (χ3v) is 5.08. The van der Waals surface area contributed by atoms with Gasteiger partial charge in [0.25, 0.3) is 5.22 Å². The van der Waals surface area contributed by atoms with E-state index in [1.165, 1.54) is 11.8 Å². The van der Waals surface area contributed by atoms with Crippen LogP contribution in [0.2, 0.25) is 0 Å². The first kappa shape index (κ1) is 15.9. The Kier molecular flexibility index (Phi) is 4.53. The molecule has 4 aromatic rings. The summed E-state index contributed by atoms with van der Waals surface area (Å²) in [6.45, 7) is 0. The molecule has 0 radical (unpaired) electrons. The van der Waals surface area contributed by atoms with E-state index >= 15 is 0 Å². The predicted octanol–water partition coefficient (Wildman–Crippen LogP) is 4.75. The van der Waals surface area contributed by atoms with E-state index in [0.717, 1.165) is 21.9 Å². The van der Waals surface area contributed by atoms with Crippen LogP contribution in [0, 0.1) is 0 Å². The lowest BCUT2D eigenvalue weighted by atomic mass is 10.2. The van der Waals surface area contributed by atoms with Crippen LogP contribution >= 0.6 is 23.1 Å². The maximum atomic E-state index is 5.69. The zero-order valence-corrected chi connectivity index (χ0v) is 14.8. The summed E-state index contributed by atoms with van der Waals surface area (Å²) in [4.78, 5) is 5.48. The molecule has 8 heteroatoms. The van der Waals surface area contributed by atoms with Gasteiger partial charge >= 0.3 is 0 Å². The average molecular weight is 371 g/mol. The molecular weight excluding hydrogens is 358 g/mol. The lowest BCUT2D eigenvalue weighted by Gasteiger charge is -1.99. The highest BCUT2D eigenvalue weighted by Crippen LogP contribution is 2.28. The summed E-state index contributed by atoms with van der Waals surface area (Å²) >= 11 is 3.02. The molecule has 0 unspecified atom stereocenters. The first-order valence-corrected chi connectivity index (χ1v) is 9.27. The van der Waals surface area contributed by atoms with Crippen LogP contribution in [0.25, 0.3) is 22.2 Å². The quantitative estimate of drug-likeness (QED) is 0.453. The molecule has 0 aliphatic carbocycles. The van der Waals surface area contributed by atoms with Gasteiger partial charge in [-0.05, 0) is 35.7 Å². The van der Waals surface area contributed by atoms with Crippen LogP contribution in [0.15, 0.2) is 62.1 Å². The van der Waals surface area contributed by atoms with Crippen LogP contribution in [-0.2, 0) is 5.75 Å². The summed E-state index contributed by atoms with van der Waals surface area (Å²) in [6.07, 6.45) is 1.66. The minimum absolute atomic E-state index is 0.476. The van der Waals surface area contributed by atoms with Gasteiger partial charge in [0, 0.05) is 11.3 Å². The fourth-order valence-corrected chi connectivity index (χ4v) is 3.44. The van der Waals surface area contributed by atoms with E-state index in [-0.39, 0.29) is 0 Å². The van der Waals surface area contributed by atoms with E-state index in [1.54, 1.807) is 24.7 Å². The summed E-state index contributed by atoms with van der Waals surface area (Å²) in [5.41, 5.74) is 1.68. The normalized spacial score (nSPS) is 10.9. The summed E-state index contributed by atoms with van der Waals surface area (Å²) in [6, 6.07) is 11.4. The third kappa shape index (κ3) is 3.59. The fraction of sp³-hybridized carbons (Fsp3) is 0.118. The SMILES string of the molecule is COc1ccc(-c2nnc(SCc3coc(-c4cccs4)n3)o2)cc1. The molecule has 0 saturated carbocycles. The molecule has 25 heavy (non-hydrogen) atoms. The summed E-state index contributed by atoms with van der Waals surface area (Å²) in [7, 11) is 1.63. The second-order valence-corrected chi connectivity index (χ2v) is 6.89. The molecule has 0 atom stereocenters. The number of hydrogen-bond acceptors (Lipinski definition) is 8. The molecule has 0 saturated heterocycles. The molecule has 3 aromatic heterocycles. The van der Waals surface area contributed by atoms with Gasteiger partial charge in [-0.3, -0.25) is 0 Å². The van der Waals surface area contributed by atoms with Crippen LogP contribution in [0.3, 0.4) is 0 Å². The Morgan fingerprint density at radius 3 is 2.76 bits per heavy atom. The highest BCUT2D eigenvalue weighted by atomic mass is 32.2. The molecule has 126 valence electrons. The van der Waals surface area contributed by atoms with Gasteiger partial charge in [0.05, 0.1) is 17.7 Å². The number of aromatic nitrogens is 3. The van der Waals surface area contributed by atoms with Crippen LogP contribution in [0.5, 0.6) is 5.75 Å². The third-order valence-electron chi connectivity index (χ3n) is 3.37. The van der Waals surface area contributed by atoms with E-state index in [0.29, 0.717) is 22.8 Å². The van der Waals surface area contributed by atoms with Crippen molar-refractivity contribution in [2.75, 3.05) is 7.11 Å². The van der Waals surface area contributed by atoms with E-state index in [1.807, 2.05) is 41.8 Å². The monoisotopic (exact) mass is 371 g/mol. The minimum Gasteiger partial charge on any atom is -0.497 e. The fourth-order valence-electron chi connectivity index (χ4n) is 2.14. The van der Waals surface area contributed by atoms with E-state index in [4.69, 9.17) is 13.6 Å². The van der Waals surface area contributed by atoms with Crippen molar-refractivity contribution >= 4 is 23.1 Å². The number of rotatable bonds is 6. The van der Waals surface area contributed by atoms with Gasteiger partial charge in [-0.2, -0.15) is 0 Å². The maximum Gasteiger partial charge on any atom is 0.277 e. The number of hydrogen-bond donors (Lipinski definition) is 0. The molecule has 0 aliphatic heterocycles. The second kappa shape index (κ2) is 7.12. The molecular formula is C17H13N3O3S2. The number of methoxy groups -OCH3 is 1. The van der Waals surface area contributed by atoms with Gasteiger partial charge in [0.1, 0.15) is 12.0 Å². The number of benzene rings is 1. The first-order chi connectivity index (χ1) is 12.3. The molecule has 0 aliphatic rings. The van der Waals surface area contributed by atoms with Gasteiger partial charge in [-0.1, -0.05) is 17.8 Å². The number of thioether (sulfide) groups is 1. The van der Waals surface area contributed by atoms with E-state index in [2.05, 4.69) is 15.2 Å². The zero-order valence-electron chi connectivity index (χ0n) is 13.2. The lowest BCUT2D eigenvalue weighted by Crippen LogP contribution is -1.82. The Morgan fingerprint density at radius 2 is 2.00 bits per heavy atom. The number of nitrogens with zero attached hydrogens (tertiary/aromatic N) is 3. The largest absolute Gasteiger partial charge is 0.497 e. The van der Waals surface area contributed by atoms with Crippen LogP contribution in [0.1, 0.15) is 5.69 Å². The number of thiophene rings is 1. The van der Waals surface area contributed by atoms with E-state index in [9.17, 15) is 0 Å². The maximum absolute atomic E-state index is 5.69. The highest BCUT2D eigenvalue weighted by molar-refractivity contribution is 7.98. The Morgan fingerprint density at radius 1 is 1.12 bits per heavy atom. The van der Waals surface area contributed by atoms with Crippen molar-refractivity contribution in [2.24, 2.45) is 0 Å². The molecule has 0 N–H and O–H groups in total. The Hall–Kier alpha value is -2.58. The zero-order chi connectivity index (χ0) is 17.1. The second-order valence-electron chi connectivity index (χ2n) is 5.01. The van der Waals surface area contributed by atoms with Crippen molar-refractivity contribution in [3.63, 3.8) is 0 Å². The van der Waals surface area contributed by atoms with Crippen molar-refractivity contribution in [1.29, 1.82) is 0 Å². The number of ether oxygens (including phenoxy) is 1. The summed E-state index contributed by atoms with van der Waals surface area (Å²) in [5, 5.41) is 10.6. The highest BCUT2D eigenvalue weighted by Gasteiger charge is 2.12. The molecule has 0 amide bonds. The smallest absolute Gasteiger partial charge is 0.277 e. The number of oxazole rings is 1. The van der Waals surface area contributed by atoms with Gasteiger partial charge in [0.2, 0.25) is 11.8 Å². The topological polar surface area (TPSA) is 74.2 Å². The van der Waals surface area contributed by atoms with Crippen molar-refractivity contribution in [3.05, 3.63) is 53.7 Å². The summed E-state index contributed by atoms with van der Waals surface area (Å²) < 4.78 is 16.3. The van der Waals surface area contributed by atoms with Crippen molar-refractivity contribution < 1.29 is 13.6 Å². The molecule has 0 bridgehead atoms. The van der Waals surface area contributed by atoms with Crippen LogP contribution in [0.4, 0.5) is 0 Å². The molecule has 0 spiro atoms. The Balaban J connectivity index is 1.41. The first-order valence-electron chi connectivity index (χ1n) is 7.41. The van der Waals surface area contributed by atoms with Crippen molar-refractivity contribution in [3.8, 4) is 28.0 Å². The molecule has 0 fully saturated rings. The van der Waals surface area contributed by atoms with E-state index < -0.39 is 0 Å². The van der Waals surface area contributed by atoms with Gasteiger partial charge < -0.3 is 13.6 Å². The Labute approximate surface area is 151 Å². The van der Waals surface area contributed by atoms with Crippen molar-refractivity contribution in [2.45, 2.75) is 11.0 Å². The average Bonchev–Trinajstić information content (AvgIpc) is 3.41. The predicted molar refractivity (Wildman–Crippen MR) is 95.7 cm³/mol. The standard InChI is InChI=1S/C17H13N3O3S2/c1-21-13-6-4-11(5-7-13)15-19-20-17(23-15)25-10-12-9-22-16(18-12)14-3-2-8-24-14/h2-9H,10H2,1H3. The molecule has 6 nitrogen and oxygen atoms in total. The lowest BCUT2D eigenvalue weighted by molar-refractivity contribution is 0.414. The van der Waals surface area contributed by atoms with Crippen LogP contribution in [-0.4, -0.2) is 22.3 Å². The minimum atomic E-state index is 0.476. The van der Waals surface area contributed by atoms with Gasteiger partial charge in [-0.15, -0.1) is 21.5 Å². The summed E-state index contributed by atoms with van der Waals surface area (Å²) in [5.74, 6) is 2.49. The van der Waals surface area contributed by atoms with Crippen LogP contribution < -0.4 is 4.74 Å². The van der Waals surface area contributed by atoms with Gasteiger partial charge in [0.15, 0.2) is 0 Å². The molecule has 3 heterocycles. The molecule has 1 aromatic carbocycles. The van der Waals surface area contributed by atoms with Gasteiger partial charge in [-0.25, -0.2) is 4.98 Å². The molecule has 4 rings (SSSR count).